The standard InChI is InChI=1S/C28H33N3OS/c32-30-27(22-7-2-1-3-8-22)25(26-11-4-5-16-29-26)14-19-31-17-12-21(13-18-31)24-10-6-9-23-15-20-33-28(23)24/h4-6,9-12,15-16,20,22,25,32H,1-3,7-8,13-14,17-19H2/b30-27+. The van der Waals surface area contributed by atoms with E-state index < -0.39 is 0 Å². The highest BCUT2D eigenvalue weighted by atomic mass is 32.1. The van der Waals surface area contributed by atoms with Crippen LogP contribution in [0.1, 0.15) is 62.1 Å². The third-order valence-corrected chi connectivity index (χ3v) is 8.36. The highest BCUT2D eigenvalue weighted by Gasteiger charge is 2.29. The summed E-state index contributed by atoms with van der Waals surface area (Å²) in [4.78, 5) is 7.19. The summed E-state index contributed by atoms with van der Waals surface area (Å²) in [6.45, 7) is 3.03. The molecule has 33 heavy (non-hydrogen) atoms. The molecule has 1 aromatic carbocycles. The Morgan fingerprint density at radius 2 is 2.03 bits per heavy atom. The number of benzene rings is 1. The predicted octanol–water partition coefficient (Wildman–Crippen LogP) is 6.97. The first-order valence-corrected chi connectivity index (χ1v) is 13.2. The minimum Gasteiger partial charge on any atom is -0.411 e. The maximum Gasteiger partial charge on any atom is 0.0692 e. The van der Waals surface area contributed by atoms with Gasteiger partial charge in [0.25, 0.3) is 0 Å². The summed E-state index contributed by atoms with van der Waals surface area (Å²) in [5.74, 6) is 0.472. The maximum atomic E-state index is 10.0. The van der Waals surface area contributed by atoms with Crippen LogP contribution in [0.25, 0.3) is 15.7 Å². The van der Waals surface area contributed by atoms with Crippen LogP contribution < -0.4 is 0 Å². The minimum absolute atomic E-state index is 0.0875. The van der Waals surface area contributed by atoms with E-state index in [0.29, 0.717) is 5.92 Å². The molecule has 1 aliphatic carbocycles. The number of aromatic nitrogens is 1. The van der Waals surface area contributed by atoms with E-state index in [0.717, 1.165) is 56.7 Å². The zero-order valence-corrected chi connectivity index (χ0v) is 20.0. The fourth-order valence-corrected chi connectivity index (χ4v) is 6.53. The second kappa shape index (κ2) is 10.6. The molecule has 3 aromatic rings. The molecule has 0 amide bonds. The van der Waals surface area contributed by atoms with Gasteiger partial charge < -0.3 is 5.21 Å². The van der Waals surface area contributed by atoms with Crippen LogP contribution in [-0.2, 0) is 0 Å². The summed E-state index contributed by atoms with van der Waals surface area (Å²) in [6, 6.07) is 15.0. The summed E-state index contributed by atoms with van der Waals surface area (Å²) in [7, 11) is 0. The number of hydrogen-bond acceptors (Lipinski definition) is 5. The maximum absolute atomic E-state index is 10.0. The molecule has 0 radical (unpaired) electrons. The van der Waals surface area contributed by atoms with Crippen LogP contribution in [0.15, 0.2) is 65.3 Å². The van der Waals surface area contributed by atoms with Gasteiger partial charge >= 0.3 is 0 Å². The van der Waals surface area contributed by atoms with E-state index in [-0.39, 0.29) is 5.92 Å². The number of rotatable bonds is 7. The molecule has 172 valence electrons. The van der Waals surface area contributed by atoms with Gasteiger partial charge in [-0.1, -0.05) is 54.8 Å². The molecule has 0 spiro atoms. The van der Waals surface area contributed by atoms with Crippen molar-refractivity contribution in [1.82, 2.24) is 9.88 Å². The molecule has 0 bridgehead atoms. The van der Waals surface area contributed by atoms with Gasteiger partial charge in [0.1, 0.15) is 0 Å². The van der Waals surface area contributed by atoms with Gasteiger partial charge in [-0.3, -0.25) is 9.88 Å². The third kappa shape index (κ3) is 5.04. The molecular weight excluding hydrogens is 426 g/mol. The molecule has 2 aromatic heterocycles. The van der Waals surface area contributed by atoms with Gasteiger partial charge in [-0.15, -0.1) is 11.3 Å². The molecule has 4 nitrogen and oxygen atoms in total. The quantitative estimate of drug-likeness (QED) is 0.236. The Balaban J connectivity index is 1.28. The van der Waals surface area contributed by atoms with Crippen LogP contribution in [0.2, 0.25) is 0 Å². The van der Waals surface area contributed by atoms with E-state index in [1.54, 1.807) is 0 Å². The topological polar surface area (TPSA) is 48.7 Å². The van der Waals surface area contributed by atoms with Crippen molar-refractivity contribution in [3.05, 3.63) is 71.4 Å². The van der Waals surface area contributed by atoms with Crippen molar-refractivity contribution in [2.24, 2.45) is 11.1 Å². The average molecular weight is 460 g/mol. The largest absolute Gasteiger partial charge is 0.411 e. The summed E-state index contributed by atoms with van der Waals surface area (Å²) < 4.78 is 1.41. The van der Waals surface area contributed by atoms with Gasteiger partial charge in [-0.05, 0) is 72.3 Å². The van der Waals surface area contributed by atoms with E-state index in [9.17, 15) is 5.21 Å². The number of nitrogens with zero attached hydrogens (tertiary/aromatic N) is 3. The van der Waals surface area contributed by atoms with E-state index in [4.69, 9.17) is 0 Å². The first-order chi connectivity index (χ1) is 16.3. The van der Waals surface area contributed by atoms with Crippen molar-refractivity contribution in [3.63, 3.8) is 0 Å². The SMILES string of the molecule is O/N=C(\C1CCCCC1)C(CCN1CC=C(c2cccc3ccsc23)CC1)c1ccccn1. The van der Waals surface area contributed by atoms with E-state index in [1.807, 2.05) is 29.7 Å². The highest BCUT2D eigenvalue weighted by molar-refractivity contribution is 7.17. The lowest BCUT2D eigenvalue weighted by Crippen LogP contribution is -2.33. The Morgan fingerprint density at radius 3 is 2.79 bits per heavy atom. The van der Waals surface area contributed by atoms with Crippen molar-refractivity contribution in [3.8, 4) is 0 Å². The molecule has 1 atom stereocenters. The molecule has 1 saturated carbocycles. The number of hydrogen-bond donors (Lipinski definition) is 1. The zero-order valence-electron chi connectivity index (χ0n) is 19.2. The van der Waals surface area contributed by atoms with Crippen LogP contribution in [-0.4, -0.2) is 40.4 Å². The first-order valence-electron chi connectivity index (χ1n) is 12.3. The van der Waals surface area contributed by atoms with E-state index in [1.165, 1.54) is 40.5 Å². The number of thiophene rings is 1. The lowest BCUT2D eigenvalue weighted by molar-refractivity contribution is 0.285. The molecule has 0 saturated heterocycles. The van der Waals surface area contributed by atoms with E-state index in [2.05, 4.69) is 56.8 Å². The van der Waals surface area contributed by atoms with Crippen molar-refractivity contribution in [2.45, 2.75) is 50.9 Å². The molecule has 3 heterocycles. The molecule has 1 N–H and O–H groups in total. The fraction of sp³-hybridized carbons (Fsp3) is 0.429. The Hall–Kier alpha value is -2.50. The van der Waals surface area contributed by atoms with Gasteiger partial charge in [0, 0.05) is 41.5 Å². The van der Waals surface area contributed by atoms with Gasteiger partial charge in [0.15, 0.2) is 0 Å². The van der Waals surface area contributed by atoms with Crippen LogP contribution in [0, 0.1) is 5.92 Å². The summed E-state index contributed by atoms with van der Waals surface area (Å²) in [5.41, 5.74) is 4.86. The molecule has 2 aliphatic rings. The second-order valence-corrected chi connectivity index (χ2v) is 10.3. The smallest absolute Gasteiger partial charge is 0.0692 e. The summed E-state index contributed by atoms with van der Waals surface area (Å²) in [6.07, 6.45) is 12.3. The Labute approximate surface area is 200 Å². The van der Waals surface area contributed by atoms with Crippen molar-refractivity contribution in [1.29, 1.82) is 0 Å². The van der Waals surface area contributed by atoms with Crippen LogP contribution in [0.5, 0.6) is 0 Å². The molecule has 1 fully saturated rings. The van der Waals surface area contributed by atoms with Gasteiger partial charge in [-0.2, -0.15) is 0 Å². The van der Waals surface area contributed by atoms with Crippen LogP contribution in [0.3, 0.4) is 0 Å². The molecule has 5 heteroatoms. The molecular formula is C28H33N3OS. The normalized spacial score (nSPS) is 19.5. The highest BCUT2D eigenvalue weighted by Crippen LogP contribution is 2.34. The van der Waals surface area contributed by atoms with Gasteiger partial charge in [0.2, 0.25) is 0 Å². The Bertz CT molecular complexity index is 1110. The van der Waals surface area contributed by atoms with Gasteiger partial charge in [0.05, 0.1) is 5.71 Å². The Morgan fingerprint density at radius 1 is 1.12 bits per heavy atom. The summed E-state index contributed by atoms with van der Waals surface area (Å²) in [5, 5.41) is 17.4. The lowest BCUT2D eigenvalue weighted by Gasteiger charge is -2.31. The third-order valence-electron chi connectivity index (χ3n) is 7.39. The minimum atomic E-state index is 0.0875. The zero-order chi connectivity index (χ0) is 22.5. The van der Waals surface area contributed by atoms with Crippen LogP contribution in [0.4, 0.5) is 0 Å². The second-order valence-electron chi connectivity index (χ2n) is 9.38. The van der Waals surface area contributed by atoms with E-state index >= 15 is 0 Å². The van der Waals surface area contributed by atoms with Gasteiger partial charge in [-0.25, -0.2) is 0 Å². The number of oxime groups is 1. The number of fused-ring (bicyclic) bond motifs is 1. The average Bonchev–Trinajstić information content (AvgIpc) is 3.37. The Kier molecular flexibility index (Phi) is 7.18. The number of pyridine rings is 1. The first kappa shape index (κ1) is 22.3. The molecule has 5 rings (SSSR count). The fourth-order valence-electron chi connectivity index (χ4n) is 5.58. The molecule has 1 aliphatic heterocycles. The predicted molar refractivity (Wildman–Crippen MR) is 138 cm³/mol. The van der Waals surface area contributed by atoms with Crippen LogP contribution >= 0.6 is 11.3 Å². The monoisotopic (exact) mass is 459 g/mol. The van der Waals surface area contributed by atoms with Crippen molar-refractivity contribution < 1.29 is 5.21 Å². The lowest BCUT2D eigenvalue weighted by atomic mass is 9.78. The van der Waals surface area contributed by atoms with Crippen molar-refractivity contribution >= 4 is 32.7 Å². The molecule has 1 unspecified atom stereocenters. The summed E-state index contributed by atoms with van der Waals surface area (Å²) >= 11 is 1.84. The van der Waals surface area contributed by atoms with Crippen molar-refractivity contribution in [2.75, 3.05) is 19.6 Å².